The van der Waals surface area contributed by atoms with Crippen molar-refractivity contribution >= 4 is 5.91 Å². The molecule has 0 saturated carbocycles. The largest absolute Gasteiger partial charge is 0.351 e. The summed E-state index contributed by atoms with van der Waals surface area (Å²) in [5, 5.41) is 13.4. The molecule has 0 aromatic carbocycles. The second-order valence-corrected chi connectivity index (χ2v) is 5.02. The number of amides is 1. The summed E-state index contributed by atoms with van der Waals surface area (Å²) in [5.41, 5.74) is 1.38. The molecule has 1 aromatic rings. The van der Waals surface area contributed by atoms with Gasteiger partial charge < -0.3 is 10.6 Å². The van der Waals surface area contributed by atoms with Crippen molar-refractivity contribution in [3.63, 3.8) is 0 Å². The Morgan fingerprint density at radius 2 is 2.06 bits per heavy atom. The number of aromatic nitrogens is 2. The van der Waals surface area contributed by atoms with Gasteiger partial charge in [0.25, 0.3) is 0 Å². The summed E-state index contributed by atoms with van der Waals surface area (Å²) in [7, 11) is 0. The van der Waals surface area contributed by atoms with Crippen LogP contribution in [0.15, 0.2) is 4.63 Å². The van der Waals surface area contributed by atoms with Gasteiger partial charge in [-0.1, -0.05) is 10.3 Å². The van der Waals surface area contributed by atoms with Crippen LogP contribution in [0.3, 0.4) is 0 Å². The van der Waals surface area contributed by atoms with E-state index < -0.39 is 0 Å². The molecule has 0 fully saturated rings. The lowest BCUT2D eigenvalue weighted by Crippen LogP contribution is -2.41. The summed E-state index contributed by atoms with van der Waals surface area (Å²) in [6.07, 6.45) is 0.446. The quantitative estimate of drug-likeness (QED) is 0.743. The van der Waals surface area contributed by atoms with E-state index in [4.69, 9.17) is 0 Å². The molecule has 0 radical (unpaired) electrons. The maximum absolute atomic E-state index is 11.5. The maximum Gasteiger partial charge on any atom is 0.221 e. The molecule has 17 heavy (non-hydrogen) atoms. The highest BCUT2D eigenvalue weighted by atomic mass is 16.6. The zero-order chi connectivity index (χ0) is 12.9. The zero-order valence-corrected chi connectivity index (χ0v) is 10.8. The van der Waals surface area contributed by atoms with E-state index in [0.29, 0.717) is 19.5 Å². The van der Waals surface area contributed by atoms with Gasteiger partial charge in [0.15, 0.2) is 0 Å². The molecule has 1 amide bonds. The minimum Gasteiger partial charge on any atom is -0.351 e. The Balaban J connectivity index is 2.17. The van der Waals surface area contributed by atoms with Crippen LogP contribution in [0.5, 0.6) is 0 Å². The monoisotopic (exact) mass is 240 g/mol. The van der Waals surface area contributed by atoms with E-state index in [-0.39, 0.29) is 11.4 Å². The number of nitrogens with zero attached hydrogens (tertiary/aromatic N) is 2. The standard InChI is InChI=1S/C11H20N4O2/c1-8-9(15-17-14-8)7-12-6-5-10(16)13-11(2,3)4/h12H,5-7H2,1-4H3,(H,13,16). The Morgan fingerprint density at radius 3 is 2.59 bits per heavy atom. The van der Waals surface area contributed by atoms with Gasteiger partial charge in [0, 0.05) is 25.0 Å². The fourth-order valence-corrected chi connectivity index (χ4v) is 1.30. The van der Waals surface area contributed by atoms with Crippen LogP contribution >= 0.6 is 0 Å². The average Bonchev–Trinajstić information content (AvgIpc) is 2.56. The predicted octanol–water partition coefficient (Wildman–Crippen LogP) is 0.772. The van der Waals surface area contributed by atoms with Crippen molar-refractivity contribution in [2.45, 2.75) is 46.2 Å². The third-order valence-corrected chi connectivity index (χ3v) is 2.08. The molecule has 6 heteroatoms. The number of nitrogens with one attached hydrogen (secondary N) is 2. The first-order valence-corrected chi connectivity index (χ1v) is 5.68. The second-order valence-electron chi connectivity index (χ2n) is 5.02. The number of hydrogen-bond donors (Lipinski definition) is 2. The number of hydrogen-bond acceptors (Lipinski definition) is 5. The van der Waals surface area contributed by atoms with Gasteiger partial charge in [0.2, 0.25) is 5.91 Å². The minimum absolute atomic E-state index is 0.0417. The van der Waals surface area contributed by atoms with E-state index in [2.05, 4.69) is 25.6 Å². The second kappa shape index (κ2) is 5.77. The van der Waals surface area contributed by atoms with Crippen molar-refractivity contribution in [2.24, 2.45) is 0 Å². The van der Waals surface area contributed by atoms with E-state index in [9.17, 15) is 4.79 Å². The fourth-order valence-electron chi connectivity index (χ4n) is 1.30. The fraction of sp³-hybridized carbons (Fsp3) is 0.727. The van der Waals surface area contributed by atoms with E-state index in [1.807, 2.05) is 27.7 Å². The van der Waals surface area contributed by atoms with Gasteiger partial charge in [0.05, 0.1) is 0 Å². The highest BCUT2D eigenvalue weighted by Gasteiger charge is 2.13. The molecule has 1 rings (SSSR count). The molecular formula is C11H20N4O2. The molecule has 1 aromatic heterocycles. The van der Waals surface area contributed by atoms with Gasteiger partial charge >= 0.3 is 0 Å². The van der Waals surface area contributed by atoms with Gasteiger partial charge in [-0.05, 0) is 27.7 Å². The molecule has 0 aliphatic carbocycles. The molecule has 0 aliphatic rings. The molecule has 6 nitrogen and oxygen atoms in total. The van der Waals surface area contributed by atoms with Gasteiger partial charge in [0.1, 0.15) is 11.4 Å². The topological polar surface area (TPSA) is 80.1 Å². The Morgan fingerprint density at radius 1 is 1.35 bits per heavy atom. The highest BCUT2D eigenvalue weighted by molar-refractivity contribution is 5.76. The SMILES string of the molecule is Cc1nonc1CNCCC(=O)NC(C)(C)C. The van der Waals surface area contributed by atoms with Gasteiger partial charge in [-0.2, -0.15) is 0 Å². The van der Waals surface area contributed by atoms with Gasteiger partial charge in [-0.15, -0.1) is 0 Å². The Labute approximate surface area is 101 Å². The summed E-state index contributed by atoms with van der Waals surface area (Å²) >= 11 is 0. The van der Waals surface area contributed by atoms with E-state index in [0.717, 1.165) is 11.4 Å². The summed E-state index contributed by atoms with van der Waals surface area (Å²) in [5.74, 6) is 0.0417. The smallest absolute Gasteiger partial charge is 0.221 e. The maximum atomic E-state index is 11.5. The van der Waals surface area contributed by atoms with Crippen LogP contribution in [-0.2, 0) is 11.3 Å². The molecule has 0 bridgehead atoms. The van der Waals surface area contributed by atoms with Crippen molar-refractivity contribution in [3.05, 3.63) is 11.4 Å². The number of aryl methyl sites for hydroxylation is 1. The number of carbonyl (C=O) groups excluding carboxylic acids is 1. The van der Waals surface area contributed by atoms with Crippen LogP contribution in [0.2, 0.25) is 0 Å². The van der Waals surface area contributed by atoms with E-state index in [1.165, 1.54) is 0 Å². The number of rotatable bonds is 5. The molecule has 0 aliphatic heterocycles. The summed E-state index contributed by atoms with van der Waals surface area (Å²) < 4.78 is 4.57. The molecule has 0 spiro atoms. The third kappa shape index (κ3) is 5.44. The molecule has 0 atom stereocenters. The van der Waals surface area contributed by atoms with Crippen molar-refractivity contribution in [3.8, 4) is 0 Å². The van der Waals surface area contributed by atoms with Crippen molar-refractivity contribution in [1.29, 1.82) is 0 Å². The molecular weight excluding hydrogens is 220 g/mol. The van der Waals surface area contributed by atoms with Gasteiger partial charge in [-0.25, -0.2) is 4.63 Å². The first-order valence-electron chi connectivity index (χ1n) is 5.68. The minimum atomic E-state index is -0.177. The Bertz CT molecular complexity index is 368. The first kappa shape index (κ1) is 13.6. The van der Waals surface area contributed by atoms with Gasteiger partial charge in [-0.3, -0.25) is 4.79 Å². The van der Waals surface area contributed by atoms with Crippen LogP contribution in [-0.4, -0.2) is 28.3 Å². The summed E-state index contributed by atoms with van der Waals surface area (Å²) in [6.45, 7) is 8.89. The third-order valence-electron chi connectivity index (χ3n) is 2.08. The number of carbonyl (C=O) groups is 1. The molecule has 0 unspecified atom stereocenters. The Hall–Kier alpha value is -1.43. The zero-order valence-electron chi connectivity index (χ0n) is 10.8. The van der Waals surface area contributed by atoms with E-state index in [1.54, 1.807) is 0 Å². The first-order chi connectivity index (χ1) is 7.88. The lowest BCUT2D eigenvalue weighted by molar-refractivity contribution is -0.122. The summed E-state index contributed by atoms with van der Waals surface area (Å²) in [4.78, 5) is 11.5. The molecule has 0 saturated heterocycles. The van der Waals surface area contributed by atoms with Crippen molar-refractivity contribution in [1.82, 2.24) is 20.9 Å². The molecule has 2 N–H and O–H groups in total. The lowest BCUT2D eigenvalue weighted by atomic mass is 10.1. The van der Waals surface area contributed by atoms with Crippen LogP contribution in [0.25, 0.3) is 0 Å². The van der Waals surface area contributed by atoms with Crippen molar-refractivity contribution in [2.75, 3.05) is 6.54 Å². The van der Waals surface area contributed by atoms with Crippen LogP contribution < -0.4 is 10.6 Å². The Kier molecular flexibility index (Phi) is 4.62. The van der Waals surface area contributed by atoms with Crippen LogP contribution in [0, 0.1) is 6.92 Å². The highest BCUT2D eigenvalue weighted by Crippen LogP contribution is 2.00. The molecule has 1 heterocycles. The summed E-state index contributed by atoms with van der Waals surface area (Å²) in [6, 6.07) is 0. The van der Waals surface area contributed by atoms with Crippen LogP contribution in [0.4, 0.5) is 0 Å². The molecule has 96 valence electrons. The normalized spacial score (nSPS) is 11.5. The lowest BCUT2D eigenvalue weighted by Gasteiger charge is -2.20. The van der Waals surface area contributed by atoms with Crippen molar-refractivity contribution < 1.29 is 9.42 Å². The van der Waals surface area contributed by atoms with E-state index >= 15 is 0 Å². The average molecular weight is 240 g/mol. The van der Waals surface area contributed by atoms with Crippen LogP contribution in [0.1, 0.15) is 38.6 Å². The predicted molar refractivity (Wildman–Crippen MR) is 63.3 cm³/mol.